The van der Waals surface area contributed by atoms with Crippen molar-refractivity contribution in [3.05, 3.63) is 70.8 Å². The fourth-order valence-corrected chi connectivity index (χ4v) is 5.88. The van der Waals surface area contributed by atoms with Gasteiger partial charge in [0.05, 0.1) is 11.1 Å². The Balaban J connectivity index is 1.48. The zero-order valence-corrected chi connectivity index (χ0v) is 21.6. The largest absolute Gasteiger partial charge is 0.416 e. The molecule has 2 heterocycles. The predicted molar refractivity (Wildman–Crippen MR) is 132 cm³/mol. The van der Waals surface area contributed by atoms with Gasteiger partial charge in [0.15, 0.2) is 0 Å². The summed E-state index contributed by atoms with van der Waals surface area (Å²) in [6.45, 7) is 5.87. The normalized spacial score (nSPS) is 20.7. The molecule has 0 radical (unpaired) electrons. The topological polar surface area (TPSA) is 52.7 Å². The number of rotatable bonds is 5. The van der Waals surface area contributed by atoms with Crippen LogP contribution < -0.4 is 5.32 Å². The fraction of sp³-hybridized carbons (Fsp3) is 0.500. The zero-order chi connectivity index (χ0) is 27.8. The first-order valence-corrected chi connectivity index (χ1v) is 12.7. The number of alkyl halides is 3. The third-order valence-corrected chi connectivity index (χ3v) is 7.90. The number of halogens is 5. The standard InChI is InChI=1S/C28H32F5N3O2/c1-17(2)24(34-25(37)21-14-19(28(31,32)33)7-8-23(21)30)26(38)36-11-9-27(10-12-36)16-35(3)15-22(27)18-5-4-6-20(29)13-18/h4-8,13-14,17,22,24H,9-12,15-16H2,1-3H3,(H,34,37)/t22?,24-/m1/s1. The van der Waals surface area contributed by atoms with Crippen LogP contribution in [0.25, 0.3) is 0 Å². The Morgan fingerprint density at radius 1 is 1.05 bits per heavy atom. The fourth-order valence-electron chi connectivity index (χ4n) is 5.88. The number of carbonyl (C=O) groups excluding carboxylic acids is 2. The molecule has 4 rings (SSSR count). The summed E-state index contributed by atoms with van der Waals surface area (Å²) in [4.78, 5) is 30.1. The highest BCUT2D eigenvalue weighted by Gasteiger charge is 2.48. The number of likely N-dealkylation sites (tertiary alicyclic amines) is 2. The maximum atomic E-state index is 14.3. The molecule has 0 saturated carbocycles. The molecule has 2 atom stereocenters. The minimum atomic E-state index is -4.74. The van der Waals surface area contributed by atoms with Crippen molar-refractivity contribution in [1.29, 1.82) is 0 Å². The van der Waals surface area contributed by atoms with Crippen LogP contribution in [0.4, 0.5) is 22.0 Å². The van der Waals surface area contributed by atoms with Gasteiger partial charge >= 0.3 is 6.18 Å². The van der Waals surface area contributed by atoms with Gasteiger partial charge in [0.1, 0.15) is 17.7 Å². The van der Waals surface area contributed by atoms with Crippen LogP contribution in [0.5, 0.6) is 0 Å². The van der Waals surface area contributed by atoms with E-state index in [1.165, 1.54) is 6.07 Å². The van der Waals surface area contributed by atoms with Crippen LogP contribution in [0.3, 0.4) is 0 Å². The number of nitrogens with zero attached hydrogens (tertiary/aromatic N) is 2. The Labute approximate surface area is 219 Å². The minimum Gasteiger partial charge on any atom is -0.341 e. The molecule has 2 aliphatic heterocycles. The molecular formula is C28H32F5N3O2. The van der Waals surface area contributed by atoms with Gasteiger partial charge in [-0.1, -0.05) is 26.0 Å². The van der Waals surface area contributed by atoms with E-state index in [1.807, 2.05) is 13.1 Å². The van der Waals surface area contributed by atoms with Crippen molar-refractivity contribution in [2.24, 2.45) is 11.3 Å². The Morgan fingerprint density at radius 2 is 1.74 bits per heavy atom. The zero-order valence-electron chi connectivity index (χ0n) is 21.6. The average molecular weight is 538 g/mol. The molecular weight excluding hydrogens is 505 g/mol. The Morgan fingerprint density at radius 3 is 2.34 bits per heavy atom. The lowest BCUT2D eigenvalue weighted by Gasteiger charge is -2.44. The lowest BCUT2D eigenvalue weighted by molar-refractivity contribution is -0.138. The first-order chi connectivity index (χ1) is 17.8. The van der Waals surface area contributed by atoms with Crippen LogP contribution >= 0.6 is 0 Å². The predicted octanol–water partition coefficient (Wildman–Crippen LogP) is 5.08. The van der Waals surface area contributed by atoms with Gasteiger partial charge in [0.25, 0.3) is 5.91 Å². The number of amides is 2. The van der Waals surface area contributed by atoms with E-state index >= 15 is 0 Å². The molecule has 2 aromatic rings. The van der Waals surface area contributed by atoms with Crippen molar-refractivity contribution >= 4 is 11.8 Å². The number of benzene rings is 2. The molecule has 2 aromatic carbocycles. The second kappa shape index (κ2) is 10.6. The third kappa shape index (κ3) is 5.70. The van der Waals surface area contributed by atoms with E-state index in [0.717, 1.165) is 18.7 Å². The van der Waals surface area contributed by atoms with Gasteiger partial charge in [-0.3, -0.25) is 9.59 Å². The van der Waals surface area contributed by atoms with Gasteiger partial charge in [-0.05, 0) is 67.1 Å². The Bertz CT molecular complexity index is 1190. The van der Waals surface area contributed by atoms with Gasteiger partial charge in [0, 0.05) is 32.1 Å². The van der Waals surface area contributed by atoms with Gasteiger partial charge in [-0.2, -0.15) is 13.2 Å². The lowest BCUT2D eigenvalue weighted by Crippen LogP contribution is -2.54. The molecule has 1 spiro atoms. The molecule has 0 aromatic heterocycles. The van der Waals surface area contributed by atoms with Crippen molar-refractivity contribution in [2.75, 3.05) is 33.2 Å². The molecule has 5 nitrogen and oxygen atoms in total. The molecule has 2 fully saturated rings. The molecule has 38 heavy (non-hydrogen) atoms. The molecule has 10 heteroatoms. The summed E-state index contributed by atoms with van der Waals surface area (Å²) in [5.41, 5.74) is -1.10. The Kier molecular flexibility index (Phi) is 7.84. The number of piperidine rings is 1. The molecule has 0 bridgehead atoms. The van der Waals surface area contributed by atoms with Crippen molar-refractivity contribution in [3.63, 3.8) is 0 Å². The number of nitrogens with one attached hydrogen (secondary N) is 1. The molecule has 2 aliphatic rings. The van der Waals surface area contributed by atoms with E-state index in [2.05, 4.69) is 10.2 Å². The van der Waals surface area contributed by atoms with Crippen molar-refractivity contribution in [1.82, 2.24) is 15.1 Å². The summed E-state index contributed by atoms with van der Waals surface area (Å²) >= 11 is 0. The quantitative estimate of drug-likeness (QED) is 0.542. The minimum absolute atomic E-state index is 0.116. The highest BCUT2D eigenvalue weighted by molar-refractivity contribution is 5.98. The van der Waals surface area contributed by atoms with Crippen LogP contribution in [0.1, 0.15) is 54.1 Å². The molecule has 1 N–H and O–H groups in total. The van der Waals surface area contributed by atoms with E-state index < -0.39 is 35.1 Å². The second-order valence-electron chi connectivity index (χ2n) is 10.9. The average Bonchev–Trinajstić information content (AvgIpc) is 3.17. The lowest BCUT2D eigenvalue weighted by atomic mass is 9.68. The number of likely N-dealkylation sites (N-methyl/N-ethyl adjacent to an activating group) is 1. The number of hydrogen-bond acceptors (Lipinski definition) is 3. The number of carbonyl (C=O) groups is 2. The highest BCUT2D eigenvalue weighted by atomic mass is 19.4. The van der Waals surface area contributed by atoms with Gasteiger partial charge < -0.3 is 15.1 Å². The first kappa shape index (κ1) is 28.0. The molecule has 1 unspecified atom stereocenters. The molecule has 0 aliphatic carbocycles. The smallest absolute Gasteiger partial charge is 0.341 e. The SMILES string of the molecule is CC(C)[C@@H](NC(=O)c1cc(C(F)(F)F)ccc1F)C(=O)N1CCC2(CC1)CN(C)CC2c1cccc(F)c1. The van der Waals surface area contributed by atoms with Crippen LogP contribution in [0.15, 0.2) is 42.5 Å². The monoisotopic (exact) mass is 537 g/mol. The molecule has 2 amide bonds. The Hall–Kier alpha value is -3.01. The summed E-state index contributed by atoms with van der Waals surface area (Å²) in [5, 5.41) is 2.47. The van der Waals surface area contributed by atoms with Crippen molar-refractivity contribution in [2.45, 2.75) is 44.8 Å². The van der Waals surface area contributed by atoms with Crippen LogP contribution in [-0.2, 0) is 11.0 Å². The summed E-state index contributed by atoms with van der Waals surface area (Å²) in [5.74, 6) is -3.08. The van der Waals surface area contributed by atoms with Gasteiger partial charge in [-0.25, -0.2) is 8.78 Å². The summed E-state index contributed by atoms with van der Waals surface area (Å²) in [7, 11) is 2.02. The third-order valence-electron chi connectivity index (χ3n) is 7.90. The van der Waals surface area contributed by atoms with E-state index in [1.54, 1.807) is 30.9 Å². The highest BCUT2D eigenvalue weighted by Crippen LogP contribution is 2.49. The van der Waals surface area contributed by atoms with Crippen LogP contribution in [-0.4, -0.2) is 60.9 Å². The van der Waals surface area contributed by atoms with Crippen molar-refractivity contribution < 1.29 is 31.5 Å². The summed E-state index contributed by atoms with van der Waals surface area (Å²) in [6, 6.07) is 7.22. The second-order valence-corrected chi connectivity index (χ2v) is 10.9. The van der Waals surface area contributed by atoms with E-state index in [-0.39, 0.29) is 29.0 Å². The maximum Gasteiger partial charge on any atom is 0.416 e. The molecule has 206 valence electrons. The van der Waals surface area contributed by atoms with Crippen LogP contribution in [0.2, 0.25) is 0 Å². The number of hydrogen-bond donors (Lipinski definition) is 1. The first-order valence-electron chi connectivity index (χ1n) is 12.7. The van der Waals surface area contributed by atoms with Crippen LogP contribution in [0, 0.1) is 23.0 Å². The maximum absolute atomic E-state index is 14.3. The van der Waals surface area contributed by atoms with E-state index in [9.17, 15) is 31.5 Å². The molecule has 2 saturated heterocycles. The van der Waals surface area contributed by atoms with Gasteiger partial charge in [-0.15, -0.1) is 0 Å². The van der Waals surface area contributed by atoms with E-state index in [0.29, 0.717) is 44.1 Å². The van der Waals surface area contributed by atoms with E-state index in [4.69, 9.17) is 0 Å². The summed E-state index contributed by atoms with van der Waals surface area (Å²) < 4.78 is 67.5. The van der Waals surface area contributed by atoms with Crippen molar-refractivity contribution in [3.8, 4) is 0 Å². The summed E-state index contributed by atoms with van der Waals surface area (Å²) in [6.07, 6.45) is -3.37. The van der Waals surface area contributed by atoms with Gasteiger partial charge in [0.2, 0.25) is 5.91 Å².